The predicted octanol–water partition coefficient (Wildman–Crippen LogP) is 2.91. The molecule has 1 aliphatic rings. The smallest absolute Gasteiger partial charge is 0.256 e. The number of rotatable bonds is 4. The number of thiophene rings is 1. The molecule has 0 unspecified atom stereocenters. The Kier molecular flexibility index (Phi) is 4.05. The summed E-state index contributed by atoms with van der Waals surface area (Å²) in [5.41, 5.74) is 6.68. The molecule has 0 atom stereocenters. The number of likely N-dealkylation sites (tertiary alicyclic amines) is 1. The van der Waals surface area contributed by atoms with E-state index in [1.807, 2.05) is 11.0 Å². The van der Waals surface area contributed by atoms with E-state index in [1.165, 1.54) is 11.3 Å². The zero-order valence-electron chi connectivity index (χ0n) is 10.4. The Labute approximate surface area is 107 Å². The summed E-state index contributed by atoms with van der Waals surface area (Å²) in [5.74, 6) is 0.124. The molecule has 0 aliphatic carbocycles. The van der Waals surface area contributed by atoms with Crippen molar-refractivity contribution in [3.05, 3.63) is 16.5 Å². The van der Waals surface area contributed by atoms with E-state index >= 15 is 0 Å². The molecule has 2 rings (SSSR count). The van der Waals surface area contributed by atoms with Gasteiger partial charge in [0.15, 0.2) is 0 Å². The molecule has 2 N–H and O–H groups in total. The molecule has 2 heterocycles. The molecule has 0 spiro atoms. The first-order valence-corrected chi connectivity index (χ1v) is 7.21. The van der Waals surface area contributed by atoms with Gasteiger partial charge in [0.25, 0.3) is 5.91 Å². The van der Waals surface area contributed by atoms with Crippen LogP contribution in [0.3, 0.4) is 0 Å². The Hall–Kier alpha value is -1.03. The molecule has 0 radical (unpaired) electrons. The molecule has 0 aromatic carbocycles. The number of carbonyl (C=O) groups is 1. The number of anilines is 1. The molecular weight excluding hydrogens is 232 g/mol. The monoisotopic (exact) mass is 252 g/mol. The van der Waals surface area contributed by atoms with Gasteiger partial charge in [-0.2, -0.15) is 0 Å². The second-order valence-electron chi connectivity index (χ2n) is 4.59. The van der Waals surface area contributed by atoms with Gasteiger partial charge in [0, 0.05) is 18.0 Å². The van der Waals surface area contributed by atoms with Gasteiger partial charge in [-0.1, -0.05) is 13.3 Å². The zero-order valence-corrected chi connectivity index (χ0v) is 11.2. The Morgan fingerprint density at radius 3 is 2.82 bits per heavy atom. The van der Waals surface area contributed by atoms with Crippen LogP contribution in [0.1, 0.15) is 47.8 Å². The van der Waals surface area contributed by atoms with Crippen molar-refractivity contribution in [3.8, 4) is 0 Å². The van der Waals surface area contributed by atoms with Crippen molar-refractivity contribution in [1.82, 2.24) is 4.90 Å². The first-order chi connectivity index (χ1) is 8.22. The lowest BCUT2D eigenvalue weighted by molar-refractivity contribution is 0.0794. The van der Waals surface area contributed by atoms with Crippen LogP contribution in [-0.4, -0.2) is 23.9 Å². The van der Waals surface area contributed by atoms with Gasteiger partial charge in [0.1, 0.15) is 0 Å². The third-order valence-corrected chi connectivity index (χ3v) is 4.24. The third-order valence-electron chi connectivity index (χ3n) is 3.21. The average Bonchev–Trinajstić information content (AvgIpc) is 2.94. The minimum Gasteiger partial charge on any atom is -0.390 e. The van der Waals surface area contributed by atoms with Gasteiger partial charge in [-0.05, 0) is 31.7 Å². The van der Waals surface area contributed by atoms with E-state index in [0.29, 0.717) is 5.00 Å². The number of nitrogen functional groups attached to an aromatic ring is 1. The summed E-state index contributed by atoms with van der Waals surface area (Å²) in [5, 5.41) is 0.688. The summed E-state index contributed by atoms with van der Waals surface area (Å²) in [6.07, 6.45) is 5.63. The van der Waals surface area contributed by atoms with E-state index in [2.05, 4.69) is 6.92 Å². The standard InChI is InChI=1S/C13H20N2OS/c1-2-3-6-10-9-11(12(14)17-10)13(16)15-7-4-5-8-15/h9H,2-8,14H2,1H3. The molecule has 0 bridgehead atoms. The van der Waals surface area contributed by atoms with Crippen LogP contribution in [0.15, 0.2) is 6.07 Å². The van der Waals surface area contributed by atoms with Gasteiger partial charge in [-0.3, -0.25) is 4.79 Å². The molecule has 17 heavy (non-hydrogen) atoms. The SMILES string of the molecule is CCCCc1cc(C(=O)N2CCCC2)c(N)s1. The number of unbranched alkanes of at least 4 members (excludes halogenated alkanes) is 1. The second kappa shape index (κ2) is 5.54. The molecular formula is C13H20N2OS. The van der Waals surface area contributed by atoms with Crippen LogP contribution in [0.2, 0.25) is 0 Å². The van der Waals surface area contributed by atoms with E-state index in [4.69, 9.17) is 5.73 Å². The van der Waals surface area contributed by atoms with Crippen LogP contribution in [0, 0.1) is 0 Å². The van der Waals surface area contributed by atoms with Gasteiger partial charge >= 0.3 is 0 Å². The number of carbonyl (C=O) groups excluding carboxylic acids is 1. The minimum atomic E-state index is 0.124. The maximum atomic E-state index is 12.2. The van der Waals surface area contributed by atoms with E-state index in [0.717, 1.165) is 44.3 Å². The number of hydrogen-bond acceptors (Lipinski definition) is 3. The molecule has 1 aromatic rings. The fraction of sp³-hybridized carbons (Fsp3) is 0.615. The molecule has 94 valence electrons. The lowest BCUT2D eigenvalue weighted by Crippen LogP contribution is -2.27. The molecule has 3 nitrogen and oxygen atoms in total. The van der Waals surface area contributed by atoms with Crippen LogP contribution in [0.5, 0.6) is 0 Å². The number of nitrogens with two attached hydrogens (primary N) is 1. The van der Waals surface area contributed by atoms with Crippen molar-refractivity contribution in [2.75, 3.05) is 18.8 Å². The Bertz CT molecular complexity index is 394. The zero-order chi connectivity index (χ0) is 12.3. The van der Waals surface area contributed by atoms with Crippen molar-refractivity contribution in [3.63, 3.8) is 0 Å². The van der Waals surface area contributed by atoms with Gasteiger partial charge in [-0.25, -0.2) is 0 Å². The fourth-order valence-electron chi connectivity index (χ4n) is 2.19. The van der Waals surface area contributed by atoms with E-state index < -0.39 is 0 Å². The van der Waals surface area contributed by atoms with Gasteiger partial charge in [0.05, 0.1) is 10.6 Å². The Morgan fingerprint density at radius 2 is 2.18 bits per heavy atom. The number of hydrogen-bond donors (Lipinski definition) is 1. The van der Waals surface area contributed by atoms with Crippen molar-refractivity contribution >= 4 is 22.2 Å². The van der Waals surface area contributed by atoms with Crippen LogP contribution in [0.25, 0.3) is 0 Å². The summed E-state index contributed by atoms with van der Waals surface area (Å²) < 4.78 is 0. The van der Waals surface area contributed by atoms with Crippen molar-refractivity contribution < 1.29 is 4.79 Å². The topological polar surface area (TPSA) is 46.3 Å². The quantitative estimate of drug-likeness (QED) is 0.895. The van der Waals surface area contributed by atoms with E-state index in [9.17, 15) is 4.79 Å². The van der Waals surface area contributed by atoms with Crippen molar-refractivity contribution in [2.45, 2.75) is 39.0 Å². The number of nitrogens with zero attached hydrogens (tertiary/aromatic N) is 1. The van der Waals surface area contributed by atoms with E-state index in [-0.39, 0.29) is 5.91 Å². The molecule has 1 aromatic heterocycles. The van der Waals surface area contributed by atoms with Crippen LogP contribution in [0.4, 0.5) is 5.00 Å². The normalized spacial score (nSPS) is 15.5. The predicted molar refractivity (Wildman–Crippen MR) is 72.5 cm³/mol. The molecule has 1 fully saturated rings. The highest BCUT2D eigenvalue weighted by Crippen LogP contribution is 2.28. The second-order valence-corrected chi connectivity index (χ2v) is 5.76. The molecule has 1 amide bonds. The van der Waals surface area contributed by atoms with Crippen molar-refractivity contribution in [2.24, 2.45) is 0 Å². The molecule has 4 heteroatoms. The number of aryl methyl sites for hydroxylation is 1. The first-order valence-electron chi connectivity index (χ1n) is 6.40. The van der Waals surface area contributed by atoms with Crippen LogP contribution >= 0.6 is 11.3 Å². The van der Waals surface area contributed by atoms with Crippen molar-refractivity contribution in [1.29, 1.82) is 0 Å². The highest BCUT2D eigenvalue weighted by atomic mass is 32.1. The lowest BCUT2D eigenvalue weighted by Gasteiger charge is -2.14. The fourth-order valence-corrected chi connectivity index (χ4v) is 3.15. The maximum Gasteiger partial charge on any atom is 0.256 e. The lowest BCUT2D eigenvalue weighted by atomic mass is 10.2. The largest absolute Gasteiger partial charge is 0.390 e. The van der Waals surface area contributed by atoms with Gasteiger partial charge < -0.3 is 10.6 Å². The summed E-state index contributed by atoms with van der Waals surface area (Å²) in [6, 6.07) is 2.00. The Morgan fingerprint density at radius 1 is 1.47 bits per heavy atom. The first kappa shape index (κ1) is 12.4. The highest BCUT2D eigenvalue weighted by molar-refractivity contribution is 7.16. The minimum absolute atomic E-state index is 0.124. The van der Waals surface area contributed by atoms with Gasteiger partial charge in [-0.15, -0.1) is 11.3 Å². The summed E-state index contributed by atoms with van der Waals surface area (Å²) in [4.78, 5) is 15.4. The highest BCUT2D eigenvalue weighted by Gasteiger charge is 2.22. The molecule has 1 saturated heterocycles. The average molecular weight is 252 g/mol. The number of amides is 1. The van der Waals surface area contributed by atoms with Crippen LogP contribution in [-0.2, 0) is 6.42 Å². The Balaban J connectivity index is 2.08. The summed E-state index contributed by atoms with van der Waals surface area (Å²) in [7, 11) is 0. The summed E-state index contributed by atoms with van der Waals surface area (Å²) in [6.45, 7) is 3.95. The van der Waals surface area contributed by atoms with Gasteiger partial charge in [0.2, 0.25) is 0 Å². The maximum absolute atomic E-state index is 12.2. The summed E-state index contributed by atoms with van der Waals surface area (Å²) >= 11 is 1.57. The van der Waals surface area contributed by atoms with E-state index in [1.54, 1.807) is 11.3 Å². The van der Waals surface area contributed by atoms with Crippen LogP contribution < -0.4 is 5.73 Å². The molecule has 0 saturated carbocycles. The molecule has 1 aliphatic heterocycles. The third kappa shape index (κ3) is 2.80.